The normalized spacial score (nSPS) is 16.4. The van der Waals surface area contributed by atoms with Crippen LogP contribution in [0.2, 0.25) is 0 Å². The van der Waals surface area contributed by atoms with Crippen molar-refractivity contribution in [2.24, 2.45) is 0 Å². The van der Waals surface area contributed by atoms with E-state index in [4.69, 9.17) is 0 Å². The fraction of sp³-hybridized carbons (Fsp3) is 0.556. The maximum atomic E-state index is 12.7. The number of aromatic nitrogens is 4. The number of hydrogen-bond acceptors (Lipinski definition) is 5. The lowest BCUT2D eigenvalue weighted by molar-refractivity contribution is 0.0932. The van der Waals surface area contributed by atoms with E-state index in [-0.39, 0.29) is 11.9 Å². The van der Waals surface area contributed by atoms with Gasteiger partial charge in [-0.25, -0.2) is 9.97 Å². The number of fused-ring (bicyclic) bond motifs is 1. The highest BCUT2D eigenvalue weighted by Gasteiger charge is 2.25. The molecule has 1 N–H and O–H groups in total. The summed E-state index contributed by atoms with van der Waals surface area (Å²) in [5, 5.41) is 7.57. The van der Waals surface area contributed by atoms with Crippen molar-refractivity contribution in [2.45, 2.75) is 52.1 Å². The van der Waals surface area contributed by atoms with E-state index in [9.17, 15) is 4.79 Å². The molecular formula is C18H26N6O. The molecule has 0 aliphatic heterocycles. The van der Waals surface area contributed by atoms with Crippen molar-refractivity contribution < 1.29 is 4.79 Å². The van der Waals surface area contributed by atoms with Crippen molar-refractivity contribution >= 4 is 11.9 Å². The lowest BCUT2D eigenvalue weighted by atomic mass is 9.92. The van der Waals surface area contributed by atoms with Crippen molar-refractivity contribution in [3.05, 3.63) is 34.9 Å². The molecule has 3 rings (SSSR count). The third-order valence-electron chi connectivity index (χ3n) is 4.52. The van der Waals surface area contributed by atoms with Crippen molar-refractivity contribution in [1.29, 1.82) is 0 Å². The molecule has 134 valence electrons. The summed E-state index contributed by atoms with van der Waals surface area (Å²) in [7, 11) is 3.86. The molecule has 2 heterocycles. The first-order valence-electron chi connectivity index (χ1n) is 8.87. The van der Waals surface area contributed by atoms with Crippen LogP contribution in [0, 0.1) is 6.92 Å². The van der Waals surface area contributed by atoms with Gasteiger partial charge in [-0.05, 0) is 32.6 Å². The molecule has 0 unspecified atom stereocenters. The van der Waals surface area contributed by atoms with Crippen LogP contribution in [0.5, 0.6) is 0 Å². The number of rotatable bonds is 5. The monoisotopic (exact) mass is 342 g/mol. The molecule has 1 atom stereocenters. The van der Waals surface area contributed by atoms with E-state index in [1.165, 1.54) is 0 Å². The van der Waals surface area contributed by atoms with Gasteiger partial charge in [0.2, 0.25) is 5.95 Å². The van der Waals surface area contributed by atoms with Gasteiger partial charge in [0.25, 0.3) is 5.91 Å². The molecular weight excluding hydrogens is 316 g/mol. The van der Waals surface area contributed by atoms with Crippen LogP contribution >= 0.6 is 0 Å². The molecule has 0 bridgehead atoms. The fourth-order valence-corrected chi connectivity index (χ4v) is 3.22. The minimum atomic E-state index is -0.0746. The highest BCUT2D eigenvalue weighted by molar-refractivity contribution is 5.95. The Bertz CT molecular complexity index is 767. The van der Waals surface area contributed by atoms with Crippen molar-refractivity contribution in [1.82, 2.24) is 25.1 Å². The smallest absolute Gasteiger partial charge is 0.255 e. The zero-order chi connectivity index (χ0) is 18.0. The van der Waals surface area contributed by atoms with Gasteiger partial charge in [0.1, 0.15) is 0 Å². The first kappa shape index (κ1) is 17.4. The second kappa shape index (κ2) is 7.21. The predicted octanol–water partition coefficient (Wildman–Crippen LogP) is 2.26. The number of anilines is 1. The lowest BCUT2D eigenvalue weighted by Crippen LogP contribution is -2.32. The van der Waals surface area contributed by atoms with E-state index in [1.807, 2.05) is 43.0 Å². The number of carbonyl (C=O) groups is 1. The van der Waals surface area contributed by atoms with Crippen LogP contribution in [0.15, 0.2) is 12.4 Å². The van der Waals surface area contributed by atoms with Crippen LogP contribution in [0.25, 0.3) is 0 Å². The van der Waals surface area contributed by atoms with Crippen molar-refractivity contribution in [2.75, 3.05) is 19.0 Å². The Morgan fingerprint density at radius 2 is 2.24 bits per heavy atom. The van der Waals surface area contributed by atoms with Crippen LogP contribution < -0.4 is 10.2 Å². The van der Waals surface area contributed by atoms with Gasteiger partial charge in [-0.3, -0.25) is 9.48 Å². The lowest BCUT2D eigenvalue weighted by Gasteiger charge is -2.26. The Morgan fingerprint density at radius 1 is 1.44 bits per heavy atom. The topological polar surface area (TPSA) is 75.9 Å². The van der Waals surface area contributed by atoms with Crippen molar-refractivity contribution in [3.63, 3.8) is 0 Å². The van der Waals surface area contributed by atoms with Gasteiger partial charge in [0, 0.05) is 38.6 Å². The van der Waals surface area contributed by atoms with Crippen LogP contribution in [-0.2, 0) is 13.0 Å². The maximum absolute atomic E-state index is 12.7. The van der Waals surface area contributed by atoms with Gasteiger partial charge in [0.15, 0.2) is 0 Å². The maximum Gasteiger partial charge on any atom is 0.255 e. The number of amides is 1. The summed E-state index contributed by atoms with van der Waals surface area (Å²) in [5.74, 6) is 0.636. The second-order valence-electron chi connectivity index (χ2n) is 6.78. The molecule has 7 heteroatoms. The molecule has 1 amide bonds. The average molecular weight is 342 g/mol. The van der Waals surface area contributed by atoms with Gasteiger partial charge in [-0.15, -0.1) is 0 Å². The number of nitrogens with zero attached hydrogens (tertiary/aromatic N) is 5. The quantitative estimate of drug-likeness (QED) is 0.902. The molecule has 0 spiro atoms. The highest BCUT2D eigenvalue weighted by atomic mass is 16.1. The molecule has 25 heavy (non-hydrogen) atoms. The molecule has 0 aromatic carbocycles. The SMILES string of the molecule is CCCn1cc(C(=O)N[C@H]2CCCc3nc(N(C)C)ncc32)c(C)n1. The van der Waals surface area contributed by atoms with Gasteiger partial charge in [-0.1, -0.05) is 6.92 Å². The number of nitrogens with one attached hydrogen (secondary N) is 1. The third-order valence-corrected chi connectivity index (χ3v) is 4.52. The summed E-state index contributed by atoms with van der Waals surface area (Å²) in [6.45, 7) is 4.79. The number of aryl methyl sites for hydroxylation is 3. The molecule has 7 nitrogen and oxygen atoms in total. The average Bonchev–Trinajstić information content (AvgIpc) is 2.95. The Balaban J connectivity index is 1.79. The summed E-state index contributed by atoms with van der Waals surface area (Å²) in [5.41, 5.74) is 3.48. The van der Waals surface area contributed by atoms with Crippen LogP contribution in [-0.4, -0.2) is 39.8 Å². The second-order valence-corrected chi connectivity index (χ2v) is 6.78. The van der Waals surface area contributed by atoms with Gasteiger partial charge in [-0.2, -0.15) is 5.10 Å². The van der Waals surface area contributed by atoms with Crippen LogP contribution in [0.1, 0.15) is 59.5 Å². The summed E-state index contributed by atoms with van der Waals surface area (Å²) in [6, 6.07) is -0.0404. The Labute approximate surface area is 148 Å². The Morgan fingerprint density at radius 3 is 2.96 bits per heavy atom. The summed E-state index contributed by atoms with van der Waals surface area (Å²) < 4.78 is 1.84. The number of carbonyl (C=O) groups excluding carboxylic acids is 1. The van der Waals surface area contributed by atoms with E-state index in [2.05, 4.69) is 27.3 Å². The summed E-state index contributed by atoms with van der Waals surface area (Å²) in [4.78, 5) is 23.7. The molecule has 2 aromatic heterocycles. The van der Waals surface area contributed by atoms with E-state index >= 15 is 0 Å². The molecule has 0 saturated carbocycles. The minimum Gasteiger partial charge on any atom is -0.347 e. The number of hydrogen-bond donors (Lipinski definition) is 1. The van der Waals surface area contributed by atoms with E-state index in [1.54, 1.807) is 0 Å². The Hall–Kier alpha value is -2.44. The van der Waals surface area contributed by atoms with E-state index in [0.717, 1.165) is 49.2 Å². The summed E-state index contributed by atoms with van der Waals surface area (Å²) in [6.07, 6.45) is 7.53. The first-order chi connectivity index (χ1) is 12.0. The van der Waals surface area contributed by atoms with Crippen molar-refractivity contribution in [3.8, 4) is 0 Å². The molecule has 1 aliphatic rings. The van der Waals surface area contributed by atoms with Gasteiger partial charge >= 0.3 is 0 Å². The summed E-state index contributed by atoms with van der Waals surface area (Å²) >= 11 is 0. The largest absolute Gasteiger partial charge is 0.347 e. The van der Waals surface area contributed by atoms with E-state index in [0.29, 0.717) is 11.5 Å². The Kier molecular flexibility index (Phi) is 5.01. The van der Waals surface area contributed by atoms with E-state index < -0.39 is 0 Å². The third kappa shape index (κ3) is 3.65. The predicted molar refractivity (Wildman–Crippen MR) is 96.8 cm³/mol. The van der Waals surface area contributed by atoms with Gasteiger partial charge in [0.05, 0.1) is 23.0 Å². The standard InChI is InChI=1S/C18H26N6O/c1-5-9-24-11-14(12(2)22-24)17(25)20-15-7-6-8-16-13(15)10-19-18(21-16)23(3)4/h10-11,15H,5-9H2,1-4H3,(H,20,25)/t15-/m0/s1. The zero-order valence-electron chi connectivity index (χ0n) is 15.4. The van der Waals surface area contributed by atoms with Crippen LogP contribution in [0.3, 0.4) is 0 Å². The molecule has 0 saturated heterocycles. The first-order valence-corrected chi connectivity index (χ1v) is 8.87. The minimum absolute atomic E-state index is 0.0404. The van der Waals surface area contributed by atoms with Gasteiger partial charge < -0.3 is 10.2 Å². The molecule has 2 aromatic rings. The highest BCUT2D eigenvalue weighted by Crippen LogP contribution is 2.29. The fourth-order valence-electron chi connectivity index (χ4n) is 3.22. The van der Waals surface area contributed by atoms with Crippen LogP contribution in [0.4, 0.5) is 5.95 Å². The zero-order valence-corrected chi connectivity index (χ0v) is 15.4. The molecule has 0 fully saturated rings. The molecule has 0 radical (unpaired) electrons. The molecule has 1 aliphatic carbocycles.